The molecule has 1 aromatic heterocycles. The largest absolute Gasteiger partial charge is 0.484 e. The van der Waals surface area contributed by atoms with Crippen molar-refractivity contribution in [2.24, 2.45) is 0 Å². The fourth-order valence-corrected chi connectivity index (χ4v) is 1.94. The number of hydrogen-bond donors (Lipinski definition) is 1. The quantitative estimate of drug-likeness (QED) is 0.887. The van der Waals surface area contributed by atoms with Crippen molar-refractivity contribution in [3.63, 3.8) is 0 Å². The van der Waals surface area contributed by atoms with E-state index in [1.54, 1.807) is 0 Å². The molecule has 0 atom stereocenters. The highest BCUT2D eigenvalue weighted by molar-refractivity contribution is 6.32. The van der Waals surface area contributed by atoms with E-state index in [0.717, 1.165) is 12.1 Å². The molecule has 0 unspecified atom stereocenters. The van der Waals surface area contributed by atoms with Crippen molar-refractivity contribution in [3.05, 3.63) is 40.5 Å². The number of nitrogens with zero attached hydrogens (tertiary/aromatic N) is 2. The van der Waals surface area contributed by atoms with E-state index >= 15 is 0 Å². The Bertz CT molecular complexity index is 569. The highest BCUT2D eigenvalue weighted by atomic mass is 35.5. The minimum atomic E-state index is 0.209. The van der Waals surface area contributed by atoms with Crippen molar-refractivity contribution in [1.29, 1.82) is 0 Å². The zero-order valence-electron chi connectivity index (χ0n) is 11.8. The standard InChI is InChI=1S/C14H18ClN3O2/c1-9(2)14-17-13(18-20-14)8-19-12-5-4-10(7-16-3)6-11(12)15/h4-6,9,16H,7-8H2,1-3H3. The Labute approximate surface area is 123 Å². The molecule has 0 saturated heterocycles. The Kier molecular flexibility index (Phi) is 4.98. The lowest BCUT2D eigenvalue weighted by Crippen LogP contribution is -2.05. The van der Waals surface area contributed by atoms with E-state index in [1.807, 2.05) is 39.1 Å². The van der Waals surface area contributed by atoms with E-state index in [2.05, 4.69) is 15.5 Å². The molecule has 0 aliphatic rings. The second kappa shape index (κ2) is 6.72. The molecule has 1 aromatic carbocycles. The number of hydrogen-bond acceptors (Lipinski definition) is 5. The SMILES string of the molecule is CNCc1ccc(OCc2noc(C(C)C)n2)c(Cl)c1. The van der Waals surface area contributed by atoms with Crippen molar-refractivity contribution in [2.45, 2.75) is 32.9 Å². The summed E-state index contributed by atoms with van der Waals surface area (Å²) < 4.78 is 10.7. The monoisotopic (exact) mass is 295 g/mol. The number of aromatic nitrogens is 2. The van der Waals surface area contributed by atoms with Gasteiger partial charge in [0, 0.05) is 12.5 Å². The summed E-state index contributed by atoms with van der Waals surface area (Å²) in [4.78, 5) is 4.25. The van der Waals surface area contributed by atoms with Gasteiger partial charge in [-0.3, -0.25) is 0 Å². The lowest BCUT2D eigenvalue weighted by atomic mass is 10.2. The van der Waals surface area contributed by atoms with Gasteiger partial charge in [0.2, 0.25) is 11.7 Å². The third kappa shape index (κ3) is 3.71. The molecule has 108 valence electrons. The Morgan fingerprint density at radius 3 is 2.80 bits per heavy atom. The number of rotatable bonds is 6. The van der Waals surface area contributed by atoms with Crippen molar-refractivity contribution in [1.82, 2.24) is 15.5 Å². The molecule has 20 heavy (non-hydrogen) atoms. The van der Waals surface area contributed by atoms with Crippen LogP contribution in [-0.4, -0.2) is 17.2 Å². The van der Waals surface area contributed by atoms with E-state index in [0.29, 0.717) is 22.5 Å². The van der Waals surface area contributed by atoms with Crippen LogP contribution in [0.15, 0.2) is 22.7 Å². The van der Waals surface area contributed by atoms with Crippen LogP contribution in [0.5, 0.6) is 5.75 Å². The van der Waals surface area contributed by atoms with Gasteiger partial charge in [-0.2, -0.15) is 4.98 Å². The fourth-order valence-electron chi connectivity index (χ4n) is 1.68. The predicted octanol–water partition coefficient (Wildman–Crippen LogP) is 3.14. The molecule has 6 heteroatoms. The summed E-state index contributed by atoms with van der Waals surface area (Å²) in [6.07, 6.45) is 0. The Hall–Kier alpha value is -1.59. The first-order valence-electron chi connectivity index (χ1n) is 6.48. The smallest absolute Gasteiger partial charge is 0.229 e. The predicted molar refractivity (Wildman–Crippen MR) is 76.9 cm³/mol. The second-order valence-corrected chi connectivity index (χ2v) is 5.19. The lowest BCUT2D eigenvalue weighted by Gasteiger charge is -2.07. The van der Waals surface area contributed by atoms with Crippen LogP contribution in [-0.2, 0) is 13.2 Å². The summed E-state index contributed by atoms with van der Waals surface area (Å²) in [5, 5.41) is 7.51. The molecule has 0 spiro atoms. The van der Waals surface area contributed by atoms with E-state index in [1.165, 1.54) is 0 Å². The molecule has 0 amide bonds. The van der Waals surface area contributed by atoms with Crippen LogP contribution in [0.2, 0.25) is 5.02 Å². The topological polar surface area (TPSA) is 60.2 Å². The minimum absolute atomic E-state index is 0.209. The highest BCUT2D eigenvalue weighted by Crippen LogP contribution is 2.26. The summed E-state index contributed by atoms with van der Waals surface area (Å²) in [6.45, 7) is 4.99. The van der Waals surface area contributed by atoms with Gasteiger partial charge < -0.3 is 14.6 Å². The zero-order chi connectivity index (χ0) is 14.5. The molecule has 0 bridgehead atoms. The second-order valence-electron chi connectivity index (χ2n) is 4.79. The maximum absolute atomic E-state index is 6.17. The van der Waals surface area contributed by atoms with Gasteiger partial charge in [0.1, 0.15) is 5.75 Å². The van der Waals surface area contributed by atoms with Crippen LogP contribution in [0.3, 0.4) is 0 Å². The molecule has 0 fully saturated rings. The molecule has 1 heterocycles. The van der Waals surface area contributed by atoms with Crippen molar-refractivity contribution >= 4 is 11.6 Å². The van der Waals surface area contributed by atoms with Crippen LogP contribution in [0, 0.1) is 0 Å². The van der Waals surface area contributed by atoms with Gasteiger partial charge in [-0.15, -0.1) is 0 Å². The molecule has 0 aliphatic carbocycles. The van der Waals surface area contributed by atoms with E-state index < -0.39 is 0 Å². The first kappa shape index (κ1) is 14.8. The van der Waals surface area contributed by atoms with Gasteiger partial charge in [0.05, 0.1) is 5.02 Å². The third-order valence-corrected chi connectivity index (χ3v) is 3.01. The molecule has 0 aliphatic heterocycles. The van der Waals surface area contributed by atoms with Crippen LogP contribution < -0.4 is 10.1 Å². The van der Waals surface area contributed by atoms with Gasteiger partial charge in [-0.05, 0) is 24.7 Å². The van der Waals surface area contributed by atoms with Gasteiger partial charge in [0.15, 0.2) is 6.61 Å². The van der Waals surface area contributed by atoms with E-state index in [4.69, 9.17) is 20.9 Å². The first-order valence-corrected chi connectivity index (χ1v) is 6.86. The summed E-state index contributed by atoms with van der Waals surface area (Å²) in [6, 6.07) is 5.69. The van der Waals surface area contributed by atoms with Gasteiger partial charge in [-0.1, -0.05) is 36.7 Å². The molecule has 1 N–H and O–H groups in total. The van der Waals surface area contributed by atoms with Crippen LogP contribution in [0.4, 0.5) is 0 Å². The molecule has 0 radical (unpaired) electrons. The molecular weight excluding hydrogens is 278 g/mol. The molecule has 2 aromatic rings. The number of halogens is 1. The average molecular weight is 296 g/mol. The lowest BCUT2D eigenvalue weighted by molar-refractivity contribution is 0.284. The van der Waals surface area contributed by atoms with Crippen LogP contribution in [0.1, 0.15) is 37.0 Å². The zero-order valence-corrected chi connectivity index (χ0v) is 12.6. The fraction of sp³-hybridized carbons (Fsp3) is 0.429. The Morgan fingerprint density at radius 2 is 2.20 bits per heavy atom. The minimum Gasteiger partial charge on any atom is -0.484 e. The van der Waals surface area contributed by atoms with Crippen LogP contribution in [0.25, 0.3) is 0 Å². The first-order chi connectivity index (χ1) is 9.60. The molecule has 2 rings (SSSR count). The summed E-state index contributed by atoms with van der Waals surface area (Å²) >= 11 is 6.17. The number of nitrogens with one attached hydrogen (secondary N) is 1. The highest BCUT2D eigenvalue weighted by Gasteiger charge is 2.11. The average Bonchev–Trinajstić information content (AvgIpc) is 2.87. The summed E-state index contributed by atoms with van der Waals surface area (Å²) in [7, 11) is 1.89. The molecule has 0 saturated carbocycles. The van der Waals surface area contributed by atoms with Crippen molar-refractivity contribution in [2.75, 3.05) is 7.05 Å². The maximum Gasteiger partial charge on any atom is 0.229 e. The Morgan fingerprint density at radius 1 is 1.40 bits per heavy atom. The normalized spacial score (nSPS) is 11.1. The molecule has 5 nitrogen and oxygen atoms in total. The number of benzene rings is 1. The van der Waals surface area contributed by atoms with Gasteiger partial charge >= 0.3 is 0 Å². The molecular formula is C14H18ClN3O2. The Balaban J connectivity index is 1.99. The van der Waals surface area contributed by atoms with Crippen molar-refractivity contribution < 1.29 is 9.26 Å². The third-order valence-electron chi connectivity index (χ3n) is 2.71. The van der Waals surface area contributed by atoms with Gasteiger partial charge in [-0.25, -0.2) is 0 Å². The summed E-state index contributed by atoms with van der Waals surface area (Å²) in [5.41, 5.74) is 1.10. The summed E-state index contributed by atoms with van der Waals surface area (Å²) in [5.74, 6) is 1.95. The maximum atomic E-state index is 6.17. The van der Waals surface area contributed by atoms with E-state index in [9.17, 15) is 0 Å². The van der Waals surface area contributed by atoms with E-state index in [-0.39, 0.29) is 12.5 Å². The van der Waals surface area contributed by atoms with Crippen molar-refractivity contribution in [3.8, 4) is 5.75 Å². The number of ether oxygens (including phenoxy) is 1. The van der Waals surface area contributed by atoms with Crippen LogP contribution >= 0.6 is 11.6 Å². The van der Waals surface area contributed by atoms with Gasteiger partial charge in [0.25, 0.3) is 0 Å².